The number of hydrogen-bond acceptors (Lipinski definition) is 8. The molecule has 0 aliphatic carbocycles. The SMILES string of the molecule is CCCC1=C(C(=O)OCC)[C@H](c2ccc(C(C)C)cc2)n2c(s/c(=C\c3cc(Br)cc([N+](=O)[O-])c3O)c2=O)=N1. The molecule has 1 atom stereocenters. The molecule has 1 aliphatic heterocycles. The van der Waals surface area contributed by atoms with Crippen molar-refractivity contribution in [1.82, 2.24) is 4.57 Å². The number of nitro benzene ring substituents is 1. The summed E-state index contributed by atoms with van der Waals surface area (Å²) in [7, 11) is 0. The third kappa shape index (κ3) is 5.60. The summed E-state index contributed by atoms with van der Waals surface area (Å²) < 4.78 is 7.47. The fourth-order valence-corrected chi connectivity index (χ4v) is 5.97. The predicted molar refractivity (Wildman–Crippen MR) is 153 cm³/mol. The number of allylic oxidation sites excluding steroid dienone is 1. The lowest BCUT2D eigenvalue weighted by Crippen LogP contribution is -2.40. The van der Waals surface area contributed by atoms with E-state index in [-0.39, 0.29) is 16.7 Å². The summed E-state index contributed by atoms with van der Waals surface area (Å²) in [6.45, 7) is 8.05. The molecule has 2 heterocycles. The molecule has 0 unspecified atom stereocenters. The molecule has 204 valence electrons. The van der Waals surface area contributed by atoms with Crippen molar-refractivity contribution < 1.29 is 19.6 Å². The van der Waals surface area contributed by atoms with E-state index in [2.05, 4.69) is 29.8 Å². The summed E-state index contributed by atoms with van der Waals surface area (Å²) in [6, 6.07) is 9.71. The van der Waals surface area contributed by atoms with Crippen LogP contribution in [0.3, 0.4) is 0 Å². The van der Waals surface area contributed by atoms with Gasteiger partial charge in [-0.3, -0.25) is 19.5 Å². The summed E-state index contributed by atoms with van der Waals surface area (Å²) in [6.07, 6.45) is 2.65. The van der Waals surface area contributed by atoms with E-state index in [1.807, 2.05) is 31.2 Å². The van der Waals surface area contributed by atoms with Crippen molar-refractivity contribution >= 4 is 45.0 Å². The molecule has 0 bridgehead atoms. The van der Waals surface area contributed by atoms with Crippen molar-refractivity contribution in [3.05, 3.63) is 98.6 Å². The van der Waals surface area contributed by atoms with Crippen LogP contribution in [0.2, 0.25) is 0 Å². The number of thiazole rings is 1. The maximum Gasteiger partial charge on any atom is 0.338 e. The first-order valence-electron chi connectivity index (χ1n) is 12.6. The highest BCUT2D eigenvalue weighted by atomic mass is 79.9. The highest BCUT2D eigenvalue weighted by Gasteiger charge is 2.34. The zero-order valence-corrected chi connectivity index (χ0v) is 24.3. The zero-order valence-electron chi connectivity index (χ0n) is 21.9. The number of carbonyl (C=O) groups excluding carboxylic acids is 1. The molecule has 1 aromatic heterocycles. The molecule has 1 aliphatic rings. The van der Waals surface area contributed by atoms with Crippen molar-refractivity contribution in [1.29, 1.82) is 0 Å². The predicted octanol–water partition coefficient (Wildman–Crippen LogP) is 5.08. The lowest BCUT2D eigenvalue weighted by Gasteiger charge is -2.26. The molecule has 11 heteroatoms. The number of fused-ring (bicyclic) bond motifs is 1. The first-order chi connectivity index (χ1) is 18.6. The summed E-state index contributed by atoms with van der Waals surface area (Å²) in [5.41, 5.74) is 1.92. The Kier molecular flexibility index (Phi) is 8.51. The number of aromatic nitrogens is 1. The van der Waals surface area contributed by atoms with E-state index in [0.29, 0.717) is 32.9 Å². The first-order valence-corrected chi connectivity index (χ1v) is 14.2. The Morgan fingerprint density at radius 1 is 1.28 bits per heavy atom. The normalized spacial score (nSPS) is 15.3. The number of halogens is 1. The van der Waals surface area contributed by atoms with Gasteiger partial charge in [-0.2, -0.15) is 0 Å². The Labute approximate surface area is 237 Å². The van der Waals surface area contributed by atoms with Crippen LogP contribution in [-0.2, 0) is 9.53 Å². The number of phenols is 1. The monoisotopic (exact) mass is 613 g/mol. The average Bonchev–Trinajstić information content (AvgIpc) is 3.19. The topological polar surface area (TPSA) is 124 Å². The smallest absolute Gasteiger partial charge is 0.338 e. The summed E-state index contributed by atoms with van der Waals surface area (Å²) in [5, 5.41) is 21.9. The molecule has 0 radical (unpaired) electrons. The molecule has 3 aromatic rings. The second kappa shape index (κ2) is 11.7. The first kappa shape index (κ1) is 28.4. The highest BCUT2D eigenvalue weighted by Crippen LogP contribution is 2.35. The van der Waals surface area contributed by atoms with Crippen LogP contribution in [0.5, 0.6) is 5.75 Å². The Morgan fingerprint density at radius 2 is 1.97 bits per heavy atom. The molecule has 9 nitrogen and oxygen atoms in total. The Morgan fingerprint density at radius 3 is 2.56 bits per heavy atom. The molecule has 0 fully saturated rings. The van der Waals surface area contributed by atoms with Gasteiger partial charge in [0.2, 0.25) is 5.75 Å². The molecule has 0 amide bonds. The molecule has 0 saturated heterocycles. The molecule has 1 N–H and O–H groups in total. The van der Waals surface area contributed by atoms with Gasteiger partial charge in [-0.05, 0) is 42.5 Å². The number of esters is 1. The lowest BCUT2D eigenvalue weighted by atomic mass is 9.92. The minimum Gasteiger partial charge on any atom is -0.502 e. The number of benzene rings is 2. The van der Waals surface area contributed by atoms with E-state index in [0.717, 1.165) is 28.9 Å². The number of aromatic hydroxyl groups is 1. The molecule has 2 aromatic carbocycles. The fourth-order valence-electron chi connectivity index (χ4n) is 4.50. The second-order valence-electron chi connectivity index (χ2n) is 9.35. The zero-order chi connectivity index (χ0) is 28.4. The van der Waals surface area contributed by atoms with Crippen LogP contribution in [0.15, 0.2) is 61.9 Å². The van der Waals surface area contributed by atoms with Gasteiger partial charge < -0.3 is 9.84 Å². The minimum atomic E-state index is -0.768. The third-order valence-corrected chi connectivity index (χ3v) is 7.82. The number of nitro groups is 1. The number of phenolic OH excluding ortho intramolecular Hbond substituents is 1. The number of nitrogens with zero attached hydrogens (tertiary/aromatic N) is 3. The largest absolute Gasteiger partial charge is 0.502 e. The van der Waals surface area contributed by atoms with Crippen LogP contribution < -0.4 is 14.9 Å². The van der Waals surface area contributed by atoms with Gasteiger partial charge in [-0.15, -0.1) is 0 Å². The fraction of sp³-hybridized carbons (Fsp3) is 0.321. The lowest BCUT2D eigenvalue weighted by molar-refractivity contribution is -0.385. The van der Waals surface area contributed by atoms with Crippen molar-refractivity contribution in [3.63, 3.8) is 0 Å². The van der Waals surface area contributed by atoms with Crippen LogP contribution in [0.25, 0.3) is 6.08 Å². The van der Waals surface area contributed by atoms with Gasteiger partial charge in [0, 0.05) is 16.1 Å². The summed E-state index contributed by atoms with van der Waals surface area (Å²) >= 11 is 4.33. The maximum absolute atomic E-state index is 13.9. The number of hydrogen-bond donors (Lipinski definition) is 1. The Bertz CT molecular complexity index is 1650. The van der Waals surface area contributed by atoms with Gasteiger partial charge in [0.1, 0.15) is 0 Å². The third-order valence-electron chi connectivity index (χ3n) is 6.38. The van der Waals surface area contributed by atoms with E-state index in [9.17, 15) is 24.8 Å². The number of carbonyl (C=O) groups is 1. The van der Waals surface area contributed by atoms with Crippen molar-refractivity contribution in [2.75, 3.05) is 6.61 Å². The number of rotatable bonds is 8. The van der Waals surface area contributed by atoms with Gasteiger partial charge in [-0.1, -0.05) is 78.7 Å². The van der Waals surface area contributed by atoms with Crippen molar-refractivity contribution in [3.8, 4) is 5.75 Å². The van der Waals surface area contributed by atoms with E-state index in [1.165, 1.54) is 22.8 Å². The van der Waals surface area contributed by atoms with Crippen molar-refractivity contribution in [2.24, 2.45) is 4.99 Å². The van der Waals surface area contributed by atoms with Gasteiger partial charge >= 0.3 is 11.7 Å². The van der Waals surface area contributed by atoms with E-state index in [4.69, 9.17) is 9.73 Å². The van der Waals surface area contributed by atoms with Gasteiger partial charge in [0.05, 0.1) is 33.4 Å². The second-order valence-corrected chi connectivity index (χ2v) is 11.3. The minimum absolute atomic E-state index is 0.109. The molecule has 0 saturated carbocycles. The van der Waals surface area contributed by atoms with Crippen LogP contribution >= 0.6 is 27.3 Å². The maximum atomic E-state index is 13.9. The van der Waals surface area contributed by atoms with Gasteiger partial charge in [-0.25, -0.2) is 9.79 Å². The van der Waals surface area contributed by atoms with Gasteiger partial charge in [0.25, 0.3) is 5.56 Å². The van der Waals surface area contributed by atoms with E-state index < -0.39 is 33.9 Å². The van der Waals surface area contributed by atoms with E-state index >= 15 is 0 Å². The van der Waals surface area contributed by atoms with E-state index in [1.54, 1.807) is 6.92 Å². The van der Waals surface area contributed by atoms with Gasteiger partial charge in [0.15, 0.2) is 4.80 Å². The summed E-state index contributed by atoms with van der Waals surface area (Å²) in [4.78, 5) is 43.0. The molecular weight excluding hydrogens is 586 g/mol. The molecular formula is C28H28BrN3O6S. The van der Waals surface area contributed by atoms with Crippen molar-refractivity contribution in [2.45, 2.75) is 52.5 Å². The van der Waals surface area contributed by atoms with Crippen LogP contribution in [0.4, 0.5) is 5.69 Å². The Balaban J connectivity index is 2.01. The summed E-state index contributed by atoms with van der Waals surface area (Å²) in [5.74, 6) is -0.774. The van der Waals surface area contributed by atoms with Crippen LogP contribution in [0, 0.1) is 10.1 Å². The number of ether oxygens (including phenoxy) is 1. The van der Waals surface area contributed by atoms with Crippen LogP contribution in [0.1, 0.15) is 69.2 Å². The van der Waals surface area contributed by atoms with Crippen LogP contribution in [-0.4, -0.2) is 27.2 Å². The molecule has 4 rings (SSSR count). The highest BCUT2D eigenvalue weighted by molar-refractivity contribution is 9.10. The quantitative estimate of drug-likeness (QED) is 0.215. The molecule has 39 heavy (non-hydrogen) atoms. The molecule has 0 spiro atoms. The Hall–Kier alpha value is -3.57. The average molecular weight is 615 g/mol. The standard InChI is InChI=1S/C28H28BrN3O6S/c1-5-7-20-23(27(35)38-6-2)24(17-10-8-16(9-11-17)15(3)4)31-26(34)22(39-28(31)30-20)13-18-12-19(29)14-21(25(18)33)32(36)37/h8-15,24,33H,5-7H2,1-4H3/b22-13-/t24-/m0/s1.